The van der Waals surface area contributed by atoms with Crippen LogP contribution >= 0.6 is 22.9 Å². The molecule has 0 spiro atoms. The quantitative estimate of drug-likeness (QED) is 0.856. The van der Waals surface area contributed by atoms with Gasteiger partial charge in [-0.25, -0.2) is 0 Å². The van der Waals surface area contributed by atoms with Crippen LogP contribution < -0.4 is 4.74 Å². The van der Waals surface area contributed by atoms with E-state index in [2.05, 4.69) is 0 Å². The first-order valence-corrected chi connectivity index (χ1v) is 5.37. The lowest BCUT2D eigenvalue weighted by molar-refractivity contribution is 0.281. The van der Waals surface area contributed by atoms with E-state index in [1.165, 1.54) is 0 Å². The summed E-state index contributed by atoms with van der Waals surface area (Å²) in [6.07, 6.45) is 0. The summed E-state index contributed by atoms with van der Waals surface area (Å²) in [5, 5.41) is 12.6. The molecular weight excluding hydrogens is 220 g/mol. The molecule has 0 atom stereocenters. The van der Waals surface area contributed by atoms with E-state index in [0.717, 1.165) is 10.1 Å². The van der Waals surface area contributed by atoms with Gasteiger partial charge in [-0.15, -0.1) is 11.3 Å². The minimum absolute atomic E-state index is 0.0664. The second kappa shape index (κ2) is 3.77. The molecule has 74 valence electrons. The fourth-order valence-corrected chi connectivity index (χ4v) is 2.56. The van der Waals surface area contributed by atoms with E-state index in [1.54, 1.807) is 18.4 Å². The van der Waals surface area contributed by atoms with Crippen LogP contribution in [0.3, 0.4) is 0 Å². The molecule has 2 aromatic rings. The molecule has 0 fully saturated rings. The van der Waals surface area contributed by atoms with Crippen molar-refractivity contribution in [3.8, 4) is 5.75 Å². The van der Waals surface area contributed by atoms with Gasteiger partial charge in [-0.2, -0.15) is 0 Å². The van der Waals surface area contributed by atoms with Crippen LogP contribution in [0, 0.1) is 0 Å². The van der Waals surface area contributed by atoms with Gasteiger partial charge in [0.2, 0.25) is 0 Å². The van der Waals surface area contributed by atoms with Gasteiger partial charge in [-0.05, 0) is 17.5 Å². The van der Waals surface area contributed by atoms with Crippen LogP contribution in [0.5, 0.6) is 5.75 Å². The van der Waals surface area contributed by atoms with Crippen molar-refractivity contribution >= 4 is 33.0 Å². The molecule has 14 heavy (non-hydrogen) atoms. The predicted octanol–water partition coefficient (Wildman–Crippen LogP) is 3.06. The van der Waals surface area contributed by atoms with Crippen LogP contribution in [0.1, 0.15) is 5.56 Å². The van der Waals surface area contributed by atoms with E-state index in [1.807, 2.05) is 17.5 Å². The maximum absolute atomic E-state index is 9.10. The summed E-state index contributed by atoms with van der Waals surface area (Å²) in [5.74, 6) is 0.648. The first-order chi connectivity index (χ1) is 6.77. The fourth-order valence-electron chi connectivity index (χ4n) is 1.42. The largest absolute Gasteiger partial charge is 0.494 e. The van der Waals surface area contributed by atoms with Gasteiger partial charge >= 0.3 is 0 Å². The zero-order valence-electron chi connectivity index (χ0n) is 7.58. The maximum Gasteiger partial charge on any atom is 0.146 e. The number of ether oxygens (including phenoxy) is 1. The number of aliphatic hydroxyl groups excluding tert-OH is 1. The Morgan fingerprint density at radius 1 is 1.57 bits per heavy atom. The van der Waals surface area contributed by atoms with Crippen molar-refractivity contribution in [1.82, 2.24) is 0 Å². The Morgan fingerprint density at radius 3 is 3.00 bits per heavy atom. The van der Waals surface area contributed by atoms with E-state index >= 15 is 0 Å². The summed E-state index contributed by atoms with van der Waals surface area (Å²) in [6, 6.07) is 3.86. The Labute approximate surface area is 90.7 Å². The fraction of sp³-hybridized carbons (Fsp3) is 0.200. The van der Waals surface area contributed by atoms with Gasteiger partial charge in [0.05, 0.1) is 18.7 Å². The third-order valence-electron chi connectivity index (χ3n) is 2.10. The molecule has 0 aliphatic carbocycles. The highest BCUT2D eigenvalue weighted by molar-refractivity contribution is 7.17. The van der Waals surface area contributed by atoms with Crippen molar-refractivity contribution in [2.75, 3.05) is 7.11 Å². The molecule has 1 aromatic heterocycles. The highest BCUT2D eigenvalue weighted by Crippen LogP contribution is 2.38. The van der Waals surface area contributed by atoms with Crippen molar-refractivity contribution < 1.29 is 9.84 Å². The molecule has 0 amide bonds. The standard InChI is InChI=1S/C10H9ClO2S/c1-13-10-7-2-3-14-8(7)4-6(5-12)9(10)11/h2-4,12H,5H2,1H3. The Kier molecular flexibility index (Phi) is 2.63. The number of fused-ring (bicyclic) bond motifs is 1. The molecule has 2 rings (SSSR count). The van der Waals surface area contributed by atoms with Gasteiger partial charge in [0.25, 0.3) is 0 Å². The van der Waals surface area contributed by atoms with Crippen molar-refractivity contribution in [2.24, 2.45) is 0 Å². The number of halogens is 1. The molecule has 1 N–H and O–H groups in total. The zero-order chi connectivity index (χ0) is 10.1. The van der Waals surface area contributed by atoms with Crippen LogP contribution in [0.15, 0.2) is 17.5 Å². The Bertz CT molecular complexity index is 464. The summed E-state index contributed by atoms with van der Waals surface area (Å²) in [6.45, 7) is -0.0664. The van der Waals surface area contributed by atoms with Gasteiger partial charge in [-0.1, -0.05) is 11.6 Å². The summed E-state index contributed by atoms with van der Waals surface area (Å²) in [7, 11) is 1.58. The van der Waals surface area contributed by atoms with Crippen LogP contribution in [0.25, 0.3) is 10.1 Å². The summed E-state index contributed by atoms with van der Waals surface area (Å²) in [4.78, 5) is 0. The van der Waals surface area contributed by atoms with Gasteiger partial charge in [0.1, 0.15) is 5.75 Å². The molecule has 1 aromatic carbocycles. The third-order valence-corrected chi connectivity index (χ3v) is 3.38. The summed E-state index contributed by atoms with van der Waals surface area (Å²) < 4.78 is 6.30. The maximum atomic E-state index is 9.10. The number of thiophene rings is 1. The second-order valence-corrected chi connectivity index (χ2v) is 4.20. The van der Waals surface area contributed by atoms with Crippen LogP contribution in [0.4, 0.5) is 0 Å². The number of benzene rings is 1. The van der Waals surface area contributed by atoms with E-state index in [-0.39, 0.29) is 6.61 Å². The molecule has 1 heterocycles. The van der Waals surface area contributed by atoms with E-state index < -0.39 is 0 Å². The lowest BCUT2D eigenvalue weighted by Crippen LogP contribution is -1.90. The monoisotopic (exact) mass is 228 g/mol. The molecule has 2 nitrogen and oxygen atoms in total. The molecule has 4 heteroatoms. The smallest absolute Gasteiger partial charge is 0.146 e. The first kappa shape index (κ1) is 9.77. The lowest BCUT2D eigenvalue weighted by atomic mass is 10.1. The van der Waals surface area contributed by atoms with Crippen molar-refractivity contribution in [3.05, 3.63) is 28.1 Å². The van der Waals surface area contributed by atoms with Crippen molar-refractivity contribution in [3.63, 3.8) is 0 Å². The molecule has 0 aliphatic heterocycles. The number of hydrogen-bond acceptors (Lipinski definition) is 3. The minimum atomic E-state index is -0.0664. The topological polar surface area (TPSA) is 29.5 Å². The van der Waals surface area contributed by atoms with Gasteiger partial charge < -0.3 is 9.84 Å². The molecule has 0 aliphatic rings. The number of aliphatic hydroxyl groups is 1. The van der Waals surface area contributed by atoms with E-state index in [0.29, 0.717) is 16.3 Å². The molecular formula is C10H9ClO2S. The van der Waals surface area contributed by atoms with E-state index in [4.69, 9.17) is 21.4 Å². The number of hydrogen-bond donors (Lipinski definition) is 1. The Hall–Kier alpha value is -0.770. The SMILES string of the molecule is COc1c(Cl)c(CO)cc2sccc12. The highest BCUT2D eigenvalue weighted by atomic mass is 35.5. The predicted molar refractivity (Wildman–Crippen MR) is 59.3 cm³/mol. The molecule has 0 bridgehead atoms. The average Bonchev–Trinajstić information content (AvgIpc) is 2.64. The van der Waals surface area contributed by atoms with Crippen LogP contribution in [0.2, 0.25) is 5.02 Å². The van der Waals surface area contributed by atoms with E-state index in [9.17, 15) is 0 Å². The lowest BCUT2D eigenvalue weighted by Gasteiger charge is -2.08. The molecule has 0 saturated carbocycles. The van der Waals surface area contributed by atoms with Crippen molar-refractivity contribution in [2.45, 2.75) is 6.61 Å². The number of methoxy groups -OCH3 is 1. The van der Waals surface area contributed by atoms with Crippen LogP contribution in [-0.2, 0) is 6.61 Å². The minimum Gasteiger partial charge on any atom is -0.494 e. The van der Waals surface area contributed by atoms with Gasteiger partial charge in [0.15, 0.2) is 0 Å². The summed E-state index contributed by atoms with van der Waals surface area (Å²) >= 11 is 7.67. The van der Waals surface area contributed by atoms with Gasteiger partial charge in [-0.3, -0.25) is 0 Å². The normalized spacial score (nSPS) is 10.8. The molecule has 0 unspecified atom stereocenters. The molecule has 0 saturated heterocycles. The Balaban J connectivity index is 2.80. The van der Waals surface area contributed by atoms with Gasteiger partial charge in [0, 0.05) is 15.6 Å². The number of rotatable bonds is 2. The molecule has 0 radical (unpaired) electrons. The Morgan fingerprint density at radius 2 is 2.36 bits per heavy atom. The van der Waals surface area contributed by atoms with Crippen LogP contribution in [-0.4, -0.2) is 12.2 Å². The highest BCUT2D eigenvalue weighted by Gasteiger charge is 2.12. The average molecular weight is 229 g/mol. The summed E-state index contributed by atoms with van der Waals surface area (Å²) in [5.41, 5.74) is 0.707. The first-order valence-electron chi connectivity index (χ1n) is 4.11. The third kappa shape index (κ3) is 1.38. The second-order valence-electron chi connectivity index (χ2n) is 2.87. The van der Waals surface area contributed by atoms with Crippen molar-refractivity contribution in [1.29, 1.82) is 0 Å². The zero-order valence-corrected chi connectivity index (χ0v) is 9.15.